The molecule has 0 saturated carbocycles. The van der Waals surface area contributed by atoms with Gasteiger partial charge >= 0.3 is 6.18 Å². The molecule has 5 rings (SSSR count). The molecular formula is C22H23F3N4O4S. The highest BCUT2D eigenvalue weighted by atomic mass is 32.2. The number of sulfone groups is 1. The first kappa shape index (κ1) is 22.9. The number of hydrogen-bond acceptors (Lipinski definition) is 7. The number of aromatic amines is 1. The monoisotopic (exact) mass is 496 g/mol. The van der Waals surface area contributed by atoms with Crippen LogP contribution >= 0.6 is 0 Å². The molecule has 1 unspecified atom stereocenters. The van der Waals surface area contributed by atoms with Crippen LogP contribution in [0.15, 0.2) is 24.4 Å². The van der Waals surface area contributed by atoms with E-state index in [1.807, 2.05) is 4.90 Å². The lowest BCUT2D eigenvalue weighted by Gasteiger charge is -2.41. The van der Waals surface area contributed by atoms with Gasteiger partial charge in [-0.3, -0.25) is 0 Å². The lowest BCUT2D eigenvalue weighted by atomic mass is 10.0. The molecule has 2 aromatic heterocycles. The predicted octanol–water partition coefficient (Wildman–Crippen LogP) is 3.52. The van der Waals surface area contributed by atoms with Crippen molar-refractivity contribution in [3.63, 3.8) is 0 Å². The van der Waals surface area contributed by atoms with Crippen molar-refractivity contribution in [2.45, 2.75) is 30.8 Å². The molecule has 2 aliphatic heterocycles. The van der Waals surface area contributed by atoms with Gasteiger partial charge in [-0.1, -0.05) is 0 Å². The minimum absolute atomic E-state index is 0.00285. The van der Waals surface area contributed by atoms with Gasteiger partial charge in [-0.2, -0.15) is 13.2 Å². The third kappa shape index (κ3) is 3.59. The Bertz CT molecular complexity index is 1380. The molecule has 182 valence electrons. The minimum Gasteiger partial charge on any atom is -0.486 e. The van der Waals surface area contributed by atoms with Crippen molar-refractivity contribution in [2.24, 2.45) is 0 Å². The van der Waals surface area contributed by atoms with E-state index in [0.29, 0.717) is 31.0 Å². The van der Waals surface area contributed by atoms with Crippen LogP contribution in [0.4, 0.5) is 19.0 Å². The van der Waals surface area contributed by atoms with E-state index in [1.165, 1.54) is 20.0 Å². The largest absolute Gasteiger partial charge is 0.486 e. The molecule has 12 heteroatoms. The van der Waals surface area contributed by atoms with Crippen molar-refractivity contribution < 1.29 is 31.1 Å². The van der Waals surface area contributed by atoms with Gasteiger partial charge in [0.25, 0.3) is 0 Å². The highest BCUT2D eigenvalue weighted by molar-refractivity contribution is 7.91. The molecule has 0 aliphatic carbocycles. The molecular weight excluding hydrogens is 473 g/mol. The maximum absolute atomic E-state index is 13.7. The van der Waals surface area contributed by atoms with Crippen molar-refractivity contribution >= 4 is 26.6 Å². The van der Waals surface area contributed by atoms with Gasteiger partial charge in [-0.05, 0) is 32.0 Å². The van der Waals surface area contributed by atoms with Gasteiger partial charge in [0.15, 0.2) is 27.2 Å². The van der Waals surface area contributed by atoms with E-state index in [1.54, 1.807) is 6.07 Å². The number of morpholine rings is 1. The SMILES string of the molecule is CC(C)(c1nc(-c2cc(C(F)(F)F)cc3[nH]ccc23)nc2c1OCC1COCCN21)S(C)(=O)=O. The molecule has 34 heavy (non-hydrogen) atoms. The Balaban J connectivity index is 1.82. The van der Waals surface area contributed by atoms with Gasteiger partial charge in [0.1, 0.15) is 17.0 Å². The summed E-state index contributed by atoms with van der Waals surface area (Å²) in [5.74, 6) is 0.587. The second kappa shape index (κ2) is 7.57. The summed E-state index contributed by atoms with van der Waals surface area (Å²) >= 11 is 0. The number of halogens is 3. The van der Waals surface area contributed by atoms with Crippen LogP contribution in [0.3, 0.4) is 0 Å². The van der Waals surface area contributed by atoms with E-state index in [2.05, 4.69) is 15.0 Å². The van der Waals surface area contributed by atoms with E-state index in [0.717, 1.165) is 18.4 Å². The third-order valence-corrected chi connectivity index (χ3v) is 8.55. The molecule has 1 atom stereocenters. The fourth-order valence-electron chi connectivity index (χ4n) is 4.24. The smallest absolute Gasteiger partial charge is 0.416 e. The van der Waals surface area contributed by atoms with Crippen LogP contribution in [0, 0.1) is 0 Å². The summed E-state index contributed by atoms with van der Waals surface area (Å²) in [6.45, 7) is 4.58. The number of H-pyrrole nitrogens is 1. The Morgan fingerprint density at radius 2 is 1.94 bits per heavy atom. The number of alkyl halides is 3. The predicted molar refractivity (Wildman–Crippen MR) is 120 cm³/mol. The molecule has 0 amide bonds. The summed E-state index contributed by atoms with van der Waals surface area (Å²) in [5.41, 5.74) is -0.324. The first-order valence-electron chi connectivity index (χ1n) is 10.7. The Kier molecular flexibility index (Phi) is 5.10. The summed E-state index contributed by atoms with van der Waals surface area (Å²) < 4.78 is 76.4. The Morgan fingerprint density at radius 1 is 1.18 bits per heavy atom. The van der Waals surface area contributed by atoms with Crippen LogP contribution in [0.2, 0.25) is 0 Å². The van der Waals surface area contributed by atoms with Crippen LogP contribution in [-0.4, -0.2) is 62.0 Å². The standard InChI is InChI=1S/C22H23F3N4O4S/c1-21(2,34(3,30)31)18-17-20(29-6-7-32-10-13(29)11-33-17)28-19(27-18)15-8-12(22(23,24)25)9-16-14(15)4-5-26-16/h4-5,8-9,13,26H,6-7,10-11H2,1-3H3. The molecule has 1 fully saturated rings. The maximum Gasteiger partial charge on any atom is 0.416 e. The van der Waals surface area contributed by atoms with Gasteiger partial charge in [0, 0.05) is 35.5 Å². The number of nitrogens with one attached hydrogen (secondary N) is 1. The number of fused-ring (bicyclic) bond motifs is 4. The number of benzene rings is 1. The van der Waals surface area contributed by atoms with E-state index >= 15 is 0 Å². The average Bonchev–Trinajstić information content (AvgIpc) is 3.25. The molecule has 0 radical (unpaired) electrons. The Morgan fingerprint density at radius 3 is 2.65 bits per heavy atom. The van der Waals surface area contributed by atoms with Gasteiger partial charge in [-0.15, -0.1) is 0 Å². The van der Waals surface area contributed by atoms with E-state index in [-0.39, 0.29) is 41.0 Å². The molecule has 1 aromatic carbocycles. The number of anilines is 1. The fourth-order valence-corrected chi connectivity index (χ4v) is 4.73. The topological polar surface area (TPSA) is 97.4 Å². The number of rotatable bonds is 3. The molecule has 4 heterocycles. The lowest BCUT2D eigenvalue weighted by Crippen LogP contribution is -2.52. The normalized spacial score (nSPS) is 19.0. The van der Waals surface area contributed by atoms with E-state index < -0.39 is 26.3 Å². The van der Waals surface area contributed by atoms with Crippen LogP contribution in [0.5, 0.6) is 5.75 Å². The van der Waals surface area contributed by atoms with Gasteiger partial charge in [-0.25, -0.2) is 18.4 Å². The Hall–Kier alpha value is -2.86. The maximum atomic E-state index is 13.7. The second-order valence-corrected chi connectivity index (χ2v) is 11.6. The van der Waals surface area contributed by atoms with Crippen LogP contribution in [0.1, 0.15) is 25.1 Å². The zero-order valence-electron chi connectivity index (χ0n) is 18.7. The van der Waals surface area contributed by atoms with Gasteiger partial charge in [0.05, 0.1) is 24.8 Å². The van der Waals surface area contributed by atoms with Crippen LogP contribution < -0.4 is 9.64 Å². The Labute approximate surface area is 194 Å². The van der Waals surface area contributed by atoms with Crippen LogP contribution in [0.25, 0.3) is 22.3 Å². The lowest BCUT2D eigenvalue weighted by molar-refractivity contribution is -0.137. The number of hydrogen-bond donors (Lipinski definition) is 1. The quantitative estimate of drug-likeness (QED) is 0.593. The van der Waals surface area contributed by atoms with Crippen molar-refractivity contribution in [3.8, 4) is 17.1 Å². The van der Waals surface area contributed by atoms with Gasteiger partial charge in [0.2, 0.25) is 0 Å². The first-order chi connectivity index (χ1) is 15.9. The van der Waals surface area contributed by atoms with E-state index in [4.69, 9.17) is 9.47 Å². The molecule has 0 spiro atoms. The summed E-state index contributed by atoms with van der Waals surface area (Å²) in [6.07, 6.45) is -1.96. The second-order valence-electron chi connectivity index (χ2n) is 9.02. The van der Waals surface area contributed by atoms with Crippen molar-refractivity contribution in [3.05, 3.63) is 35.7 Å². The number of nitrogens with zero attached hydrogens (tertiary/aromatic N) is 3. The van der Waals surface area contributed by atoms with Crippen molar-refractivity contribution in [1.82, 2.24) is 15.0 Å². The zero-order valence-corrected chi connectivity index (χ0v) is 19.5. The van der Waals surface area contributed by atoms with E-state index in [9.17, 15) is 21.6 Å². The third-order valence-electron chi connectivity index (χ3n) is 6.50. The highest BCUT2D eigenvalue weighted by Crippen LogP contribution is 2.45. The average molecular weight is 497 g/mol. The van der Waals surface area contributed by atoms with Crippen molar-refractivity contribution in [1.29, 1.82) is 0 Å². The minimum atomic E-state index is -4.59. The van der Waals surface area contributed by atoms with Crippen molar-refractivity contribution in [2.75, 3.05) is 37.5 Å². The molecule has 8 nitrogen and oxygen atoms in total. The molecule has 1 saturated heterocycles. The summed E-state index contributed by atoms with van der Waals surface area (Å²) in [4.78, 5) is 13.9. The summed E-state index contributed by atoms with van der Waals surface area (Å²) in [7, 11) is -3.68. The first-order valence-corrected chi connectivity index (χ1v) is 12.5. The summed E-state index contributed by atoms with van der Waals surface area (Å²) in [6, 6.07) is 3.52. The fraction of sp³-hybridized carbons (Fsp3) is 0.455. The summed E-state index contributed by atoms with van der Waals surface area (Å²) in [5, 5.41) is 0.492. The molecule has 2 aliphatic rings. The van der Waals surface area contributed by atoms with Crippen LogP contribution in [-0.2, 0) is 25.5 Å². The number of aromatic nitrogens is 3. The molecule has 1 N–H and O–H groups in total. The zero-order chi connectivity index (χ0) is 24.5. The van der Waals surface area contributed by atoms with Gasteiger partial charge < -0.3 is 19.4 Å². The molecule has 3 aromatic rings. The highest BCUT2D eigenvalue weighted by Gasteiger charge is 2.43. The molecule has 0 bridgehead atoms. The number of ether oxygens (including phenoxy) is 2.